The van der Waals surface area contributed by atoms with Crippen molar-refractivity contribution in [1.82, 2.24) is 10.2 Å². The first-order valence-corrected chi connectivity index (χ1v) is 9.82. The van der Waals surface area contributed by atoms with Crippen LogP contribution in [0.15, 0.2) is 42.5 Å². The molecule has 0 saturated heterocycles. The van der Waals surface area contributed by atoms with Crippen LogP contribution in [0.3, 0.4) is 0 Å². The van der Waals surface area contributed by atoms with Crippen LogP contribution in [-0.2, 0) is 17.8 Å². The van der Waals surface area contributed by atoms with Crippen LogP contribution in [0.4, 0.5) is 0 Å². The molecule has 1 aliphatic rings. The van der Waals surface area contributed by atoms with Gasteiger partial charge in [0, 0.05) is 25.1 Å². The van der Waals surface area contributed by atoms with E-state index in [0.29, 0.717) is 17.9 Å². The van der Waals surface area contributed by atoms with E-state index in [1.807, 2.05) is 38.1 Å². The van der Waals surface area contributed by atoms with E-state index in [9.17, 15) is 14.7 Å². The zero-order chi connectivity index (χ0) is 20.3. The van der Waals surface area contributed by atoms with Crippen molar-refractivity contribution in [3.8, 4) is 5.75 Å². The summed E-state index contributed by atoms with van der Waals surface area (Å²) >= 11 is 0. The summed E-state index contributed by atoms with van der Waals surface area (Å²) in [4.78, 5) is 26.4. The van der Waals surface area contributed by atoms with E-state index in [1.54, 1.807) is 30.1 Å². The van der Waals surface area contributed by atoms with Gasteiger partial charge in [0.15, 0.2) is 0 Å². The molecule has 1 atom stereocenters. The number of nitrogens with zero attached hydrogens (tertiary/aromatic N) is 1. The molecular formula is C23H28N2O3. The van der Waals surface area contributed by atoms with Gasteiger partial charge in [-0.05, 0) is 54.2 Å². The van der Waals surface area contributed by atoms with Gasteiger partial charge in [0.2, 0.25) is 5.91 Å². The predicted molar refractivity (Wildman–Crippen MR) is 109 cm³/mol. The Morgan fingerprint density at radius 1 is 1.18 bits per heavy atom. The Balaban J connectivity index is 1.66. The lowest BCUT2D eigenvalue weighted by molar-refractivity contribution is -0.133. The van der Waals surface area contributed by atoms with Gasteiger partial charge < -0.3 is 15.3 Å². The summed E-state index contributed by atoms with van der Waals surface area (Å²) in [5, 5.41) is 13.2. The number of amides is 2. The zero-order valence-electron chi connectivity index (χ0n) is 16.7. The first-order chi connectivity index (χ1) is 13.4. The van der Waals surface area contributed by atoms with Crippen LogP contribution in [0, 0.1) is 5.92 Å². The summed E-state index contributed by atoms with van der Waals surface area (Å²) in [5.41, 5.74) is 3.52. The molecule has 0 aromatic heterocycles. The quantitative estimate of drug-likeness (QED) is 0.829. The van der Waals surface area contributed by atoms with Crippen molar-refractivity contribution >= 4 is 11.8 Å². The van der Waals surface area contributed by atoms with E-state index < -0.39 is 0 Å². The largest absolute Gasteiger partial charge is 0.508 e. The molecule has 5 heteroatoms. The van der Waals surface area contributed by atoms with Crippen molar-refractivity contribution < 1.29 is 14.7 Å². The molecule has 0 heterocycles. The molecule has 1 aliphatic carbocycles. The number of hydrogen-bond donors (Lipinski definition) is 2. The summed E-state index contributed by atoms with van der Waals surface area (Å²) in [5.74, 6) is 0.245. The van der Waals surface area contributed by atoms with Crippen molar-refractivity contribution in [3.63, 3.8) is 0 Å². The lowest BCUT2D eigenvalue weighted by Gasteiger charge is -2.27. The van der Waals surface area contributed by atoms with Crippen LogP contribution in [0.2, 0.25) is 0 Å². The molecule has 0 bridgehead atoms. The number of fused-ring (bicyclic) bond motifs is 1. The molecule has 0 fully saturated rings. The fraction of sp³-hybridized carbons (Fsp3) is 0.391. The van der Waals surface area contributed by atoms with Gasteiger partial charge in [0.1, 0.15) is 5.75 Å². The molecule has 2 amide bonds. The third-order valence-corrected chi connectivity index (χ3v) is 5.29. The van der Waals surface area contributed by atoms with Crippen molar-refractivity contribution in [2.75, 3.05) is 7.05 Å². The molecule has 0 spiro atoms. The number of phenols is 1. The first-order valence-electron chi connectivity index (χ1n) is 9.82. The molecule has 2 aromatic rings. The highest BCUT2D eigenvalue weighted by Crippen LogP contribution is 2.34. The van der Waals surface area contributed by atoms with Gasteiger partial charge in [-0.25, -0.2) is 0 Å². The number of nitrogens with one attached hydrogen (secondary N) is 1. The van der Waals surface area contributed by atoms with Crippen molar-refractivity contribution in [1.29, 1.82) is 0 Å². The van der Waals surface area contributed by atoms with Crippen LogP contribution in [0.1, 0.15) is 59.8 Å². The summed E-state index contributed by atoms with van der Waals surface area (Å²) in [6, 6.07) is 12.8. The summed E-state index contributed by atoms with van der Waals surface area (Å²) < 4.78 is 0. The van der Waals surface area contributed by atoms with E-state index >= 15 is 0 Å². The van der Waals surface area contributed by atoms with E-state index in [2.05, 4.69) is 5.32 Å². The van der Waals surface area contributed by atoms with Gasteiger partial charge in [-0.1, -0.05) is 38.1 Å². The maximum atomic E-state index is 12.7. The van der Waals surface area contributed by atoms with Gasteiger partial charge in [-0.2, -0.15) is 0 Å². The fourth-order valence-corrected chi connectivity index (χ4v) is 3.77. The van der Waals surface area contributed by atoms with Crippen LogP contribution in [0.25, 0.3) is 0 Å². The monoisotopic (exact) mass is 380 g/mol. The molecule has 28 heavy (non-hydrogen) atoms. The number of benzene rings is 2. The number of rotatable bonds is 5. The zero-order valence-corrected chi connectivity index (χ0v) is 16.7. The summed E-state index contributed by atoms with van der Waals surface area (Å²) in [7, 11) is 1.79. The maximum absolute atomic E-state index is 12.7. The molecule has 3 rings (SSSR count). The molecule has 148 valence electrons. The Morgan fingerprint density at radius 2 is 1.89 bits per heavy atom. The third kappa shape index (κ3) is 4.35. The molecule has 2 N–H and O–H groups in total. The van der Waals surface area contributed by atoms with E-state index in [0.717, 1.165) is 36.0 Å². The average molecular weight is 380 g/mol. The molecular weight excluding hydrogens is 352 g/mol. The van der Waals surface area contributed by atoms with E-state index in [4.69, 9.17) is 0 Å². The molecule has 0 aliphatic heterocycles. The van der Waals surface area contributed by atoms with Crippen LogP contribution < -0.4 is 5.32 Å². The van der Waals surface area contributed by atoms with Crippen LogP contribution in [0.5, 0.6) is 5.75 Å². The number of phenolic OH excluding ortho intramolecular Hbond substituents is 1. The van der Waals surface area contributed by atoms with E-state index in [1.165, 1.54) is 0 Å². The van der Waals surface area contributed by atoms with Gasteiger partial charge in [-0.15, -0.1) is 0 Å². The third-order valence-electron chi connectivity index (χ3n) is 5.29. The van der Waals surface area contributed by atoms with Crippen molar-refractivity contribution in [3.05, 3.63) is 64.7 Å². The highest BCUT2D eigenvalue weighted by Gasteiger charge is 2.24. The molecule has 0 radical (unpaired) electrons. The highest BCUT2D eigenvalue weighted by molar-refractivity contribution is 5.94. The SMILES string of the molecule is CC(C)C(=O)N(C)Cc1ccc(C(=O)N[C@H]2CCCc3c(O)cccc32)cc1. The summed E-state index contributed by atoms with van der Waals surface area (Å²) in [6.07, 6.45) is 2.64. The Morgan fingerprint density at radius 3 is 2.57 bits per heavy atom. The van der Waals surface area contributed by atoms with Gasteiger partial charge in [0.25, 0.3) is 5.91 Å². The Labute approximate surface area is 166 Å². The number of aromatic hydroxyl groups is 1. The lowest BCUT2D eigenvalue weighted by atomic mass is 9.87. The van der Waals surface area contributed by atoms with Gasteiger partial charge in [0.05, 0.1) is 6.04 Å². The van der Waals surface area contributed by atoms with Crippen molar-refractivity contribution in [2.45, 2.75) is 45.7 Å². The lowest BCUT2D eigenvalue weighted by Crippen LogP contribution is -2.31. The maximum Gasteiger partial charge on any atom is 0.251 e. The normalized spacial score (nSPS) is 15.8. The number of carbonyl (C=O) groups excluding carboxylic acids is 2. The minimum absolute atomic E-state index is 0.0344. The first kappa shape index (κ1) is 19.9. The minimum atomic E-state index is -0.126. The Kier molecular flexibility index (Phi) is 6.02. The minimum Gasteiger partial charge on any atom is -0.508 e. The van der Waals surface area contributed by atoms with E-state index in [-0.39, 0.29) is 23.8 Å². The number of carbonyl (C=O) groups is 2. The van der Waals surface area contributed by atoms with Gasteiger partial charge in [-0.3, -0.25) is 9.59 Å². The number of hydrogen-bond acceptors (Lipinski definition) is 3. The highest BCUT2D eigenvalue weighted by atomic mass is 16.3. The molecule has 5 nitrogen and oxygen atoms in total. The molecule has 0 unspecified atom stereocenters. The van der Waals surface area contributed by atoms with Crippen LogP contribution in [-0.4, -0.2) is 28.9 Å². The molecule has 0 saturated carbocycles. The topological polar surface area (TPSA) is 69.6 Å². The standard InChI is InChI=1S/C23H28N2O3/c1-15(2)23(28)25(3)14-16-10-12-17(13-11-16)22(27)24-20-8-4-7-19-18(20)6-5-9-21(19)26/h5-6,9-13,15,20,26H,4,7-8,14H2,1-3H3,(H,24,27)/t20-/m0/s1. The van der Waals surface area contributed by atoms with Crippen LogP contribution >= 0.6 is 0 Å². The summed E-state index contributed by atoms with van der Waals surface area (Å²) in [6.45, 7) is 4.29. The average Bonchev–Trinajstić information content (AvgIpc) is 2.68. The Hall–Kier alpha value is -2.82. The second kappa shape index (κ2) is 8.46. The second-order valence-corrected chi connectivity index (χ2v) is 7.81. The Bertz CT molecular complexity index is 859. The smallest absolute Gasteiger partial charge is 0.251 e. The predicted octanol–water partition coefficient (Wildman–Crippen LogP) is 3.81. The molecule has 2 aromatic carbocycles. The van der Waals surface area contributed by atoms with Gasteiger partial charge >= 0.3 is 0 Å². The van der Waals surface area contributed by atoms with Crippen molar-refractivity contribution in [2.24, 2.45) is 5.92 Å². The fourth-order valence-electron chi connectivity index (χ4n) is 3.77. The second-order valence-electron chi connectivity index (χ2n) is 7.81.